The van der Waals surface area contributed by atoms with E-state index in [1.807, 2.05) is 0 Å². The minimum Gasteiger partial charge on any atom is -0.382 e. The molecule has 0 saturated heterocycles. The molecule has 138 valence electrons. The summed E-state index contributed by atoms with van der Waals surface area (Å²) in [4.78, 5) is 12.4. The average Bonchev–Trinajstić information content (AvgIpc) is 2.92. The van der Waals surface area contributed by atoms with Crippen LogP contribution in [-0.2, 0) is 7.05 Å². The van der Waals surface area contributed by atoms with E-state index in [4.69, 9.17) is 5.73 Å². The molecule has 0 radical (unpaired) electrons. The molecule has 2 aromatic heterocycles. The van der Waals surface area contributed by atoms with E-state index in [9.17, 15) is 18.3 Å². The van der Waals surface area contributed by atoms with Crippen LogP contribution in [0.25, 0.3) is 22.6 Å². The van der Waals surface area contributed by atoms with Crippen molar-refractivity contribution >= 4 is 17.0 Å². The molecule has 3 N–H and O–H groups in total. The molecule has 1 aromatic carbocycles. The predicted molar refractivity (Wildman–Crippen MR) is 91.7 cm³/mol. The molecule has 0 atom stereocenters. The maximum atomic E-state index is 14.1. The van der Waals surface area contributed by atoms with Crippen molar-refractivity contribution in [1.29, 1.82) is 0 Å². The first-order valence-corrected chi connectivity index (χ1v) is 8.18. The lowest BCUT2D eigenvalue weighted by Crippen LogP contribution is -2.34. The molecule has 3 aromatic rings. The van der Waals surface area contributed by atoms with Crippen LogP contribution in [0.3, 0.4) is 0 Å². The number of hydrogen-bond acceptors (Lipinski definition) is 5. The topological polar surface area (TPSA) is 89.9 Å². The Kier molecular flexibility index (Phi) is 3.82. The number of anilines is 1. The third kappa shape index (κ3) is 2.88. The van der Waals surface area contributed by atoms with Gasteiger partial charge in [-0.1, -0.05) is 5.92 Å². The number of benzene rings is 1. The van der Waals surface area contributed by atoms with Crippen LogP contribution in [0.2, 0.25) is 0 Å². The van der Waals surface area contributed by atoms with Gasteiger partial charge in [-0.25, -0.2) is 28.1 Å². The molecule has 1 saturated carbocycles. The summed E-state index contributed by atoms with van der Waals surface area (Å²) in [6.07, 6.45) is 2.06. The van der Waals surface area contributed by atoms with Gasteiger partial charge >= 0.3 is 0 Å². The first-order chi connectivity index (χ1) is 12.8. The summed E-state index contributed by atoms with van der Waals surface area (Å²) in [6.45, 7) is 0. The van der Waals surface area contributed by atoms with Crippen molar-refractivity contribution in [2.75, 3.05) is 5.73 Å². The van der Waals surface area contributed by atoms with Crippen molar-refractivity contribution in [3.05, 3.63) is 35.4 Å². The van der Waals surface area contributed by atoms with E-state index in [-0.39, 0.29) is 34.2 Å². The molecule has 0 spiro atoms. The van der Waals surface area contributed by atoms with E-state index < -0.39 is 23.1 Å². The van der Waals surface area contributed by atoms with Gasteiger partial charge in [0.15, 0.2) is 28.6 Å². The molecule has 1 fully saturated rings. The van der Waals surface area contributed by atoms with E-state index in [1.165, 1.54) is 11.6 Å². The summed E-state index contributed by atoms with van der Waals surface area (Å²) in [5.41, 5.74) is 4.89. The van der Waals surface area contributed by atoms with Crippen molar-refractivity contribution in [1.82, 2.24) is 19.5 Å². The van der Waals surface area contributed by atoms with Crippen LogP contribution < -0.4 is 5.73 Å². The minimum atomic E-state index is -1.32. The van der Waals surface area contributed by atoms with Gasteiger partial charge < -0.3 is 15.4 Å². The summed E-state index contributed by atoms with van der Waals surface area (Å²) in [7, 11) is 1.51. The average molecular weight is 373 g/mol. The number of imidazole rings is 1. The Morgan fingerprint density at radius 2 is 1.93 bits per heavy atom. The van der Waals surface area contributed by atoms with Crippen molar-refractivity contribution in [3.8, 4) is 23.2 Å². The van der Waals surface area contributed by atoms with Gasteiger partial charge in [0.1, 0.15) is 17.2 Å². The Labute approximate surface area is 151 Å². The van der Waals surface area contributed by atoms with Gasteiger partial charge in [0.05, 0.1) is 5.56 Å². The van der Waals surface area contributed by atoms with Gasteiger partial charge in [-0.05, 0) is 31.2 Å². The number of nitrogens with two attached hydrogens (primary N) is 1. The fourth-order valence-corrected chi connectivity index (χ4v) is 2.91. The lowest BCUT2D eigenvalue weighted by Gasteiger charge is -2.30. The van der Waals surface area contributed by atoms with Crippen LogP contribution in [0, 0.1) is 29.3 Å². The zero-order chi connectivity index (χ0) is 19.3. The fourth-order valence-electron chi connectivity index (χ4n) is 2.91. The van der Waals surface area contributed by atoms with Gasteiger partial charge in [0.25, 0.3) is 0 Å². The maximum Gasteiger partial charge on any atom is 0.209 e. The number of aromatic nitrogens is 4. The van der Waals surface area contributed by atoms with Gasteiger partial charge in [0, 0.05) is 13.1 Å². The maximum absolute atomic E-state index is 14.1. The summed E-state index contributed by atoms with van der Waals surface area (Å²) in [6, 6.07) is 1.30. The third-order valence-corrected chi connectivity index (χ3v) is 4.57. The monoisotopic (exact) mass is 373 g/mol. The molecule has 0 aliphatic heterocycles. The molecule has 9 heteroatoms. The minimum absolute atomic E-state index is 0.0102. The Morgan fingerprint density at radius 3 is 2.59 bits per heavy atom. The van der Waals surface area contributed by atoms with Crippen molar-refractivity contribution in [3.63, 3.8) is 0 Å². The standard InChI is InChI=1S/C18H14F3N5O/c1-26-16(10-7-9(19)8-11(20)13(10)21)25-14-15(22)23-12(24-17(14)26)3-6-18(27)4-2-5-18/h7-8,27H,2,4-5H2,1H3,(H2,22,23,24). The second-order valence-electron chi connectivity index (χ2n) is 6.48. The first kappa shape index (κ1) is 17.3. The highest BCUT2D eigenvalue weighted by molar-refractivity contribution is 5.85. The quantitative estimate of drug-likeness (QED) is 0.505. The SMILES string of the molecule is Cn1c(-c2cc(F)cc(F)c2F)nc2c(N)nc(C#CC3(O)CCC3)nc21. The van der Waals surface area contributed by atoms with Crippen LogP contribution in [0.15, 0.2) is 12.1 Å². The van der Waals surface area contributed by atoms with Crippen LogP contribution in [0.5, 0.6) is 0 Å². The lowest BCUT2D eigenvalue weighted by molar-refractivity contribution is 0.0239. The van der Waals surface area contributed by atoms with E-state index in [0.29, 0.717) is 18.9 Å². The van der Waals surface area contributed by atoms with Gasteiger partial charge in [-0.2, -0.15) is 0 Å². The number of aryl methyl sites for hydroxylation is 1. The molecule has 1 aliphatic rings. The summed E-state index contributed by atoms with van der Waals surface area (Å²) in [5, 5.41) is 10.1. The van der Waals surface area contributed by atoms with Crippen LogP contribution in [0.4, 0.5) is 19.0 Å². The number of hydrogen-bond donors (Lipinski definition) is 2. The highest BCUT2D eigenvalue weighted by Gasteiger charge is 2.32. The highest BCUT2D eigenvalue weighted by atomic mass is 19.2. The Bertz CT molecular complexity index is 1140. The lowest BCUT2D eigenvalue weighted by atomic mass is 9.81. The van der Waals surface area contributed by atoms with Crippen molar-refractivity contribution < 1.29 is 18.3 Å². The number of aliphatic hydroxyl groups is 1. The largest absolute Gasteiger partial charge is 0.382 e. The van der Waals surface area contributed by atoms with Crippen molar-refractivity contribution in [2.45, 2.75) is 24.9 Å². The number of halogens is 3. The van der Waals surface area contributed by atoms with E-state index >= 15 is 0 Å². The Hall–Kier alpha value is -3.12. The van der Waals surface area contributed by atoms with Crippen LogP contribution in [-0.4, -0.2) is 30.2 Å². The number of rotatable bonds is 1. The number of fused-ring (bicyclic) bond motifs is 1. The van der Waals surface area contributed by atoms with E-state index in [0.717, 1.165) is 12.5 Å². The molecule has 6 nitrogen and oxygen atoms in total. The Balaban J connectivity index is 1.86. The molecule has 27 heavy (non-hydrogen) atoms. The zero-order valence-corrected chi connectivity index (χ0v) is 14.2. The summed E-state index contributed by atoms with van der Waals surface area (Å²) < 4.78 is 42.6. The molecular formula is C18H14F3N5O. The fraction of sp³-hybridized carbons (Fsp3) is 0.278. The molecule has 0 unspecified atom stereocenters. The Morgan fingerprint density at radius 1 is 1.19 bits per heavy atom. The van der Waals surface area contributed by atoms with Crippen molar-refractivity contribution in [2.24, 2.45) is 7.05 Å². The molecule has 0 bridgehead atoms. The van der Waals surface area contributed by atoms with Gasteiger partial charge in [0.2, 0.25) is 5.82 Å². The van der Waals surface area contributed by atoms with Crippen LogP contribution in [0.1, 0.15) is 25.1 Å². The normalized spacial score (nSPS) is 15.3. The third-order valence-electron chi connectivity index (χ3n) is 4.57. The predicted octanol–water partition coefficient (Wildman–Crippen LogP) is 2.30. The second-order valence-corrected chi connectivity index (χ2v) is 6.48. The molecule has 0 amide bonds. The van der Waals surface area contributed by atoms with E-state index in [1.54, 1.807) is 0 Å². The molecule has 1 aliphatic carbocycles. The summed E-state index contributed by atoms with van der Waals surface area (Å²) >= 11 is 0. The number of nitrogens with zero attached hydrogens (tertiary/aromatic N) is 4. The van der Waals surface area contributed by atoms with Crippen LogP contribution >= 0.6 is 0 Å². The number of nitrogen functional groups attached to an aromatic ring is 1. The highest BCUT2D eigenvalue weighted by Crippen LogP contribution is 2.31. The first-order valence-electron chi connectivity index (χ1n) is 8.18. The molecule has 2 heterocycles. The summed E-state index contributed by atoms with van der Waals surface area (Å²) in [5.74, 6) is 1.93. The second kappa shape index (κ2) is 5.96. The van der Waals surface area contributed by atoms with E-state index in [2.05, 4.69) is 26.8 Å². The molecule has 4 rings (SSSR count). The zero-order valence-electron chi connectivity index (χ0n) is 14.2. The van der Waals surface area contributed by atoms with Gasteiger partial charge in [-0.3, -0.25) is 0 Å². The van der Waals surface area contributed by atoms with Gasteiger partial charge in [-0.15, -0.1) is 0 Å². The smallest absolute Gasteiger partial charge is 0.209 e. The molecular weight excluding hydrogens is 359 g/mol.